The summed E-state index contributed by atoms with van der Waals surface area (Å²) >= 11 is 0. The highest BCUT2D eigenvalue weighted by Crippen LogP contribution is 2.22. The van der Waals surface area contributed by atoms with Crippen LogP contribution in [0.4, 0.5) is 0 Å². The Labute approximate surface area is 118 Å². The van der Waals surface area contributed by atoms with Crippen LogP contribution in [-0.4, -0.2) is 35.4 Å². The Morgan fingerprint density at radius 2 is 2.10 bits per heavy atom. The van der Waals surface area contributed by atoms with Crippen LogP contribution >= 0.6 is 0 Å². The van der Waals surface area contributed by atoms with Gasteiger partial charge in [-0.2, -0.15) is 0 Å². The van der Waals surface area contributed by atoms with Crippen LogP contribution in [-0.2, 0) is 4.79 Å². The van der Waals surface area contributed by atoms with Gasteiger partial charge in [0, 0.05) is 12.6 Å². The summed E-state index contributed by atoms with van der Waals surface area (Å²) in [6, 6.07) is 6.42. The number of aliphatic hydroxyl groups is 1. The van der Waals surface area contributed by atoms with Crippen molar-refractivity contribution in [3.63, 3.8) is 0 Å². The maximum Gasteiger partial charge on any atom is 0.305 e. The summed E-state index contributed by atoms with van der Waals surface area (Å²) in [4.78, 5) is 10.9. The minimum Gasteiger partial charge on any atom is -0.494 e. The number of hydrogen-bond acceptors (Lipinski definition) is 4. The van der Waals surface area contributed by atoms with Crippen molar-refractivity contribution >= 4 is 5.97 Å². The number of rotatable bonds is 9. The molecule has 0 amide bonds. The van der Waals surface area contributed by atoms with Crippen LogP contribution in [0.3, 0.4) is 0 Å². The van der Waals surface area contributed by atoms with E-state index in [2.05, 4.69) is 11.9 Å². The monoisotopic (exact) mass is 279 g/mol. The number of hydrogen-bond donors (Lipinski definition) is 3. The normalized spacial score (nSPS) is 13.5. The maximum atomic E-state index is 10.9. The third-order valence-corrected chi connectivity index (χ3v) is 2.83. The molecule has 1 rings (SSSR count). The number of benzene rings is 1. The van der Waals surface area contributed by atoms with Gasteiger partial charge in [0.1, 0.15) is 5.75 Å². The van der Waals surface area contributed by atoms with Crippen LogP contribution in [0, 0.1) is 0 Å². The van der Waals surface area contributed by atoms with Crippen molar-refractivity contribution in [3.05, 3.63) is 42.5 Å². The van der Waals surface area contributed by atoms with Gasteiger partial charge in [-0.05, 0) is 24.6 Å². The minimum absolute atomic E-state index is 0.164. The molecule has 110 valence electrons. The van der Waals surface area contributed by atoms with Crippen LogP contribution in [0.25, 0.3) is 0 Å². The van der Waals surface area contributed by atoms with Gasteiger partial charge < -0.3 is 20.3 Å². The molecule has 0 fully saturated rings. The summed E-state index contributed by atoms with van der Waals surface area (Å²) in [6.45, 7) is 6.47. The topological polar surface area (TPSA) is 78.8 Å². The van der Waals surface area contributed by atoms with Gasteiger partial charge >= 0.3 is 5.97 Å². The highest BCUT2D eigenvalue weighted by atomic mass is 16.5. The fourth-order valence-corrected chi connectivity index (χ4v) is 1.88. The zero-order valence-electron chi connectivity index (χ0n) is 11.6. The molecule has 2 unspecified atom stereocenters. The first-order valence-corrected chi connectivity index (χ1v) is 6.55. The smallest absolute Gasteiger partial charge is 0.305 e. The third kappa shape index (κ3) is 5.03. The molecule has 5 nitrogen and oxygen atoms in total. The Bertz CT molecular complexity index is 430. The van der Waals surface area contributed by atoms with Crippen LogP contribution < -0.4 is 10.1 Å². The second-order valence-corrected chi connectivity index (χ2v) is 4.35. The molecule has 0 spiro atoms. The lowest BCUT2D eigenvalue weighted by molar-refractivity contribution is -0.138. The number of carboxylic acids is 1. The molecule has 0 heterocycles. The van der Waals surface area contributed by atoms with Gasteiger partial charge in [-0.15, -0.1) is 6.58 Å². The zero-order chi connectivity index (χ0) is 15.0. The molecule has 0 radical (unpaired) electrons. The number of nitrogens with one attached hydrogen (secondary N) is 1. The Morgan fingerprint density at radius 3 is 2.60 bits per heavy atom. The van der Waals surface area contributed by atoms with Gasteiger partial charge in [-0.3, -0.25) is 4.79 Å². The highest BCUT2D eigenvalue weighted by Gasteiger charge is 2.22. The number of carbonyl (C=O) groups is 1. The van der Waals surface area contributed by atoms with E-state index < -0.39 is 18.1 Å². The van der Waals surface area contributed by atoms with Crippen molar-refractivity contribution < 1.29 is 19.7 Å². The van der Waals surface area contributed by atoms with Crippen molar-refractivity contribution in [3.8, 4) is 5.75 Å². The number of ether oxygens (including phenoxy) is 1. The molecule has 3 N–H and O–H groups in total. The predicted molar refractivity (Wildman–Crippen MR) is 76.8 cm³/mol. The first kappa shape index (κ1) is 16.2. The quantitative estimate of drug-likeness (QED) is 0.600. The van der Waals surface area contributed by atoms with E-state index in [-0.39, 0.29) is 6.42 Å². The molecule has 0 saturated carbocycles. The van der Waals surface area contributed by atoms with Gasteiger partial charge in [0.15, 0.2) is 0 Å². The predicted octanol–water partition coefficient (Wildman–Crippen LogP) is 1.74. The Morgan fingerprint density at radius 1 is 1.45 bits per heavy atom. The minimum atomic E-state index is -0.962. The first-order chi connectivity index (χ1) is 9.58. The second-order valence-electron chi connectivity index (χ2n) is 4.35. The molecule has 1 aromatic carbocycles. The van der Waals surface area contributed by atoms with E-state index in [1.54, 1.807) is 30.3 Å². The Kier molecular flexibility index (Phi) is 6.76. The molecule has 2 atom stereocenters. The van der Waals surface area contributed by atoms with Crippen molar-refractivity contribution in [2.24, 2.45) is 0 Å². The molecule has 20 heavy (non-hydrogen) atoms. The molecule has 0 aliphatic carbocycles. The second kappa shape index (κ2) is 8.35. The summed E-state index contributed by atoms with van der Waals surface area (Å²) in [7, 11) is 0. The summed E-state index contributed by atoms with van der Waals surface area (Å²) in [5.74, 6) is -0.242. The van der Waals surface area contributed by atoms with Crippen molar-refractivity contribution in [2.75, 3.05) is 13.2 Å². The van der Waals surface area contributed by atoms with E-state index in [0.29, 0.717) is 18.7 Å². The Balaban J connectivity index is 2.78. The molecule has 0 aliphatic rings. The van der Waals surface area contributed by atoms with E-state index in [4.69, 9.17) is 9.84 Å². The van der Waals surface area contributed by atoms with E-state index in [1.165, 1.54) is 0 Å². The van der Waals surface area contributed by atoms with Gasteiger partial charge in [0.2, 0.25) is 0 Å². The number of carboxylic acid groups (broad SMARTS) is 1. The molecule has 0 bridgehead atoms. The molecular formula is C15H21NO4. The van der Waals surface area contributed by atoms with Crippen LogP contribution in [0.15, 0.2) is 36.9 Å². The van der Waals surface area contributed by atoms with Crippen molar-refractivity contribution in [2.45, 2.75) is 25.5 Å². The molecule has 5 heteroatoms. The van der Waals surface area contributed by atoms with Crippen LogP contribution in [0.2, 0.25) is 0 Å². The molecule has 0 aromatic heterocycles. The van der Waals surface area contributed by atoms with Gasteiger partial charge in [-0.1, -0.05) is 18.2 Å². The number of aliphatic carboxylic acids is 1. The molecular weight excluding hydrogens is 258 g/mol. The summed E-state index contributed by atoms with van der Waals surface area (Å²) in [5, 5.41) is 22.1. The summed E-state index contributed by atoms with van der Waals surface area (Å²) in [5.41, 5.74) is 0.649. The molecule has 1 aromatic rings. The van der Waals surface area contributed by atoms with E-state index in [0.717, 1.165) is 5.75 Å². The lowest BCUT2D eigenvalue weighted by Crippen LogP contribution is -2.37. The third-order valence-electron chi connectivity index (χ3n) is 2.83. The van der Waals surface area contributed by atoms with Crippen molar-refractivity contribution in [1.29, 1.82) is 0 Å². The van der Waals surface area contributed by atoms with E-state index in [1.807, 2.05) is 6.92 Å². The number of aliphatic hydroxyl groups excluding tert-OH is 1. The van der Waals surface area contributed by atoms with Crippen LogP contribution in [0.1, 0.15) is 25.0 Å². The zero-order valence-corrected chi connectivity index (χ0v) is 11.6. The first-order valence-electron chi connectivity index (χ1n) is 6.55. The largest absolute Gasteiger partial charge is 0.494 e. The standard InChI is InChI=1S/C15H21NO4/c1-3-9-16-13(10-14(17)18)15(19)11-5-7-12(8-6-11)20-4-2/h3,5-8,13,15-16,19H,1,4,9-10H2,2H3,(H,17,18). The summed E-state index contributed by atoms with van der Waals surface area (Å²) < 4.78 is 5.33. The van der Waals surface area contributed by atoms with E-state index >= 15 is 0 Å². The van der Waals surface area contributed by atoms with E-state index in [9.17, 15) is 9.90 Å². The van der Waals surface area contributed by atoms with Crippen molar-refractivity contribution in [1.82, 2.24) is 5.32 Å². The average molecular weight is 279 g/mol. The van der Waals surface area contributed by atoms with Crippen LogP contribution in [0.5, 0.6) is 5.75 Å². The van der Waals surface area contributed by atoms with Gasteiger partial charge in [0.05, 0.1) is 19.1 Å². The highest BCUT2D eigenvalue weighted by molar-refractivity contribution is 5.67. The SMILES string of the molecule is C=CCNC(CC(=O)O)C(O)c1ccc(OCC)cc1. The van der Waals surface area contributed by atoms with Gasteiger partial charge in [-0.25, -0.2) is 0 Å². The summed E-state index contributed by atoms with van der Waals surface area (Å²) in [6.07, 6.45) is 0.559. The maximum absolute atomic E-state index is 10.9. The fraction of sp³-hybridized carbons (Fsp3) is 0.400. The molecule has 0 aliphatic heterocycles. The lowest BCUT2D eigenvalue weighted by Gasteiger charge is -2.22. The fourth-order valence-electron chi connectivity index (χ4n) is 1.88. The Hall–Kier alpha value is -1.85. The lowest BCUT2D eigenvalue weighted by atomic mass is 9.99. The average Bonchev–Trinajstić information content (AvgIpc) is 2.43. The van der Waals surface area contributed by atoms with Gasteiger partial charge in [0.25, 0.3) is 0 Å². The molecule has 0 saturated heterocycles.